The fourth-order valence-corrected chi connectivity index (χ4v) is 6.82. The lowest BCUT2D eigenvalue weighted by Gasteiger charge is -2.27. The number of carbonyl (C=O) groups excluding carboxylic acids is 2. The van der Waals surface area contributed by atoms with Crippen molar-refractivity contribution in [2.75, 3.05) is 31.6 Å². The van der Waals surface area contributed by atoms with E-state index in [1.165, 1.54) is 10.4 Å². The highest BCUT2D eigenvalue weighted by atomic mass is 35.5. The van der Waals surface area contributed by atoms with Crippen LogP contribution in [-0.2, 0) is 37.3 Å². The van der Waals surface area contributed by atoms with Gasteiger partial charge in [-0.1, -0.05) is 35.9 Å². The minimum absolute atomic E-state index is 0.207. The first-order valence-electron chi connectivity index (χ1n) is 14.5. The predicted molar refractivity (Wildman–Crippen MR) is 170 cm³/mol. The molecule has 3 heterocycles. The third-order valence-electron chi connectivity index (χ3n) is 6.98. The fraction of sp³-hybridized carbons (Fsp3) is 0.344. The van der Waals surface area contributed by atoms with Crippen LogP contribution in [0.5, 0.6) is 5.75 Å². The number of sulfonamides is 1. The minimum Gasteiger partial charge on any atom is -0.484 e. The average Bonchev–Trinajstić information content (AvgIpc) is 3.43. The second-order valence-electron chi connectivity index (χ2n) is 11.6. The number of benzene rings is 2. The summed E-state index contributed by atoms with van der Waals surface area (Å²) in [4.78, 5) is 28.8. The number of nitrogens with zero attached hydrogens (tertiary/aromatic N) is 2. The Bertz CT molecular complexity index is 1700. The Kier molecular flexibility index (Phi) is 9.78. The fourth-order valence-electron chi connectivity index (χ4n) is 4.92. The maximum atomic E-state index is 13.5. The Morgan fingerprint density at radius 2 is 1.89 bits per heavy atom. The van der Waals surface area contributed by atoms with Crippen molar-refractivity contribution in [3.63, 3.8) is 0 Å². The lowest BCUT2D eigenvalue weighted by molar-refractivity contribution is -0.116. The highest BCUT2D eigenvalue weighted by Gasteiger charge is 2.30. The van der Waals surface area contributed by atoms with E-state index in [4.69, 9.17) is 25.8 Å². The molecule has 238 valence electrons. The zero-order chi connectivity index (χ0) is 32.2. The quantitative estimate of drug-likeness (QED) is 0.326. The van der Waals surface area contributed by atoms with Gasteiger partial charge < -0.3 is 19.5 Å². The molecule has 1 aromatic heterocycles. The van der Waals surface area contributed by atoms with Crippen LogP contribution in [0.4, 0.5) is 10.6 Å². The number of hydrogen-bond donors (Lipinski definition) is 2. The van der Waals surface area contributed by atoms with Crippen LogP contribution < -0.4 is 15.4 Å². The molecule has 2 amide bonds. The molecule has 2 aliphatic heterocycles. The van der Waals surface area contributed by atoms with Gasteiger partial charge in [0.25, 0.3) is 0 Å². The molecule has 2 aromatic carbocycles. The van der Waals surface area contributed by atoms with E-state index in [0.29, 0.717) is 60.4 Å². The number of rotatable bonds is 8. The number of ether oxygens (including phenoxy) is 3. The molecular formula is C32H35ClN4O7S. The molecule has 2 N–H and O–H groups in total. The van der Waals surface area contributed by atoms with Gasteiger partial charge in [-0.25, -0.2) is 18.2 Å². The second kappa shape index (κ2) is 13.6. The van der Waals surface area contributed by atoms with Crippen LogP contribution in [0.2, 0.25) is 5.02 Å². The number of halogens is 1. The summed E-state index contributed by atoms with van der Waals surface area (Å²) in [5.74, 6) is 0.524. The number of fused-ring (bicyclic) bond motifs is 1. The van der Waals surface area contributed by atoms with Crippen molar-refractivity contribution in [2.45, 2.75) is 50.3 Å². The Hall–Kier alpha value is -3.97. The van der Waals surface area contributed by atoms with E-state index >= 15 is 0 Å². The van der Waals surface area contributed by atoms with Gasteiger partial charge in [0.05, 0.1) is 23.1 Å². The molecule has 0 spiro atoms. The highest BCUT2D eigenvalue weighted by Crippen LogP contribution is 2.41. The van der Waals surface area contributed by atoms with Crippen molar-refractivity contribution in [3.05, 3.63) is 83.0 Å². The third-order valence-corrected chi connectivity index (χ3v) is 9.22. The number of nitrogens with one attached hydrogen (secondary N) is 2. The zero-order valence-corrected chi connectivity index (χ0v) is 26.8. The monoisotopic (exact) mass is 654 g/mol. The van der Waals surface area contributed by atoms with E-state index < -0.39 is 27.8 Å². The molecule has 1 saturated heterocycles. The van der Waals surface area contributed by atoms with E-state index in [9.17, 15) is 18.0 Å². The number of aromatic nitrogens is 1. The van der Waals surface area contributed by atoms with Crippen LogP contribution in [0.1, 0.15) is 31.9 Å². The first-order valence-corrected chi connectivity index (χ1v) is 16.3. The summed E-state index contributed by atoms with van der Waals surface area (Å²) in [6.45, 7) is 6.86. The number of anilines is 1. The number of hydrogen-bond acceptors (Lipinski definition) is 8. The van der Waals surface area contributed by atoms with Crippen molar-refractivity contribution in [2.24, 2.45) is 0 Å². The van der Waals surface area contributed by atoms with E-state index in [2.05, 4.69) is 15.6 Å². The molecule has 0 radical (unpaired) electrons. The van der Waals surface area contributed by atoms with Crippen molar-refractivity contribution >= 4 is 39.4 Å². The van der Waals surface area contributed by atoms with E-state index in [-0.39, 0.29) is 17.3 Å². The smallest absolute Gasteiger partial charge is 0.413 e. The molecule has 1 unspecified atom stereocenters. The van der Waals surface area contributed by atoms with Crippen LogP contribution in [0.15, 0.2) is 71.8 Å². The summed E-state index contributed by atoms with van der Waals surface area (Å²) in [5.41, 5.74) is 2.15. The lowest BCUT2D eigenvalue weighted by atomic mass is 10.0. The molecule has 11 nitrogen and oxygen atoms in total. The molecule has 2 aliphatic rings. The summed E-state index contributed by atoms with van der Waals surface area (Å²) in [5, 5.41) is 5.72. The van der Waals surface area contributed by atoms with Gasteiger partial charge in [-0.15, -0.1) is 0 Å². The van der Waals surface area contributed by atoms with Gasteiger partial charge in [-0.3, -0.25) is 10.1 Å². The predicted octanol–water partition coefficient (Wildman–Crippen LogP) is 4.95. The largest absolute Gasteiger partial charge is 0.484 e. The van der Waals surface area contributed by atoms with E-state index in [1.54, 1.807) is 75.5 Å². The minimum atomic E-state index is -3.74. The second-order valence-corrected chi connectivity index (χ2v) is 13.9. The normalized spacial score (nSPS) is 17.0. The summed E-state index contributed by atoms with van der Waals surface area (Å²) in [6.07, 6.45) is 4.05. The van der Waals surface area contributed by atoms with Crippen LogP contribution in [0.25, 0.3) is 11.1 Å². The molecule has 45 heavy (non-hydrogen) atoms. The van der Waals surface area contributed by atoms with Gasteiger partial charge in [0.15, 0.2) is 0 Å². The highest BCUT2D eigenvalue weighted by molar-refractivity contribution is 7.89. The number of pyridine rings is 1. The third kappa shape index (κ3) is 8.20. The van der Waals surface area contributed by atoms with E-state index in [1.807, 2.05) is 6.07 Å². The Balaban J connectivity index is 1.19. The van der Waals surface area contributed by atoms with Crippen molar-refractivity contribution in [3.8, 4) is 16.9 Å². The topological polar surface area (TPSA) is 136 Å². The number of amides is 2. The summed E-state index contributed by atoms with van der Waals surface area (Å²) < 4.78 is 45.0. The van der Waals surface area contributed by atoms with Crippen LogP contribution in [-0.4, -0.2) is 67.7 Å². The van der Waals surface area contributed by atoms with Gasteiger partial charge >= 0.3 is 6.09 Å². The van der Waals surface area contributed by atoms with Gasteiger partial charge in [-0.2, -0.15) is 4.31 Å². The summed E-state index contributed by atoms with van der Waals surface area (Å²) in [7, 11) is -3.74. The van der Waals surface area contributed by atoms with Crippen molar-refractivity contribution < 1.29 is 32.2 Å². The number of morpholine rings is 1. The molecule has 0 saturated carbocycles. The molecule has 0 aliphatic carbocycles. The summed E-state index contributed by atoms with van der Waals surface area (Å²) >= 11 is 6.61. The van der Waals surface area contributed by atoms with Gasteiger partial charge in [-0.05, 0) is 62.2 Å². The van der Waals surface area contributed by atoms with Crippen LogP contribution >= 0.6 is 11.6 Å². The molecule has 5 rings (SSSR count). The first-order chi connectivity index (χ1) is 21.4. The van der Waals surface area contributed by atoms with Gasteiger partial charge in [0.2, 0.25) is 15.9 Å². The Morgan fingerprint density at radius 3 is 2.60 bits per heavy atom. The standard InChI is InChI=1S/C32H35ClN4O7S/c1-32(2,3)44-31(39)36-28-10-8-21(19-34-28)20-35-29(38)11-9-24-17-23-16-22(18-26(33)30(23)43-24)25-6-4-5-7-27(25)45(40,41)37-12-14-42-15-13-37/h4-11,16,18-19,24H,12-15,17,20H2,1-3H3,(H,35,38)(H,34,36,39)/b11-9+. The molecule has 13 heteroatoms. The average molecular weight is 655 g/mol. The van der Waals surface area contributed by atoms with Crippen LogP contribution in [0, 0.1) is 0 Å². The zero-order valence-electron chi connectivity index (χ0n) is 25.2. The Morgan fingerprint density at radius 1 is 1.13 bits per heavy atom. The molecule has 1 fully saturated rings. The first kappa shape index (κ1) is 32.4. The van der Waals surface area contributed by atoms with Crippen molar-refractivity contribution in [1.82, 2.24) is 14.6 Å². The number of carbonyl (C=O) groups is 2. The maximum Gasteiger partial charge on any atom is 0.413 e. The lowest BCUT2D eigenvalue weighted by Crippen LogP contribution is -2.40. The van der Waals surface area contributed by atoms with Crippen molar-refractivity contribution in [1.29, 1.82) is 0 Å². The van der Waals surface area contributed by atoms with Gasteiger partial charge in [0.1, 0.15) is 23.3 Å². The molecule has 0 bridgehead atoms. The molecule has 1 atom stereocenters. The maximum absolute atomic E-state index is 13.5. The molecule has 3 aromatic rings. The van der Waals surface area contributed by atoms with Crippen LogP contribution in [0.3, 0.4) is 0 Å². The summed E-state index contributed by atoms with van der Waals surface area (Å²) in [6, 6.07) is 13.8. The SMILES string of the molecule is CC(C)(C)OC(=O)Nc1ccc(CNC(=O)/C=C/C2Cc3cc(-c4ccccc4S(=O)(=O)N4CCOCC4)cc(Cl)c3O2)cn1. The van der Waals surface area contributed by atoms with Gasteiger partial charge in [0, 0.05) is 49.5 Å². The van der Waals surface area contributed by atoms with E-state index in [0.717, 1.165) is 11.1 Å². The molecular weight excluding hydrogens is 620 g/mol. The Labute approximate surface area is 267 Å².